The van der Waals surface area contributed by atoms with Gasteiger partial charge in [0.15, 0.2) is 0 Å². The number of amides is 2. The van der Waals surface area contributed by atoms with E-state index in [1.807, 2.05) is 26.8 Å². The molecule has 0 bridgehead atoms. The zero-order valence-electron chi connectivity index (χ0n) is 21.7. The fraction of sp³-hybridized carbons (Fsp3) is 0.462. The average Bonchev–Trinajstić information content (AvgIpc) is 2.82. The number of methoxy groups -OCH3 is 1. The molecular formula is C26H36ClN3O5S. The molecule has 0 saturated heterocycles. The van der Waals surface area contributed by atoms with Crippen LogP contribution < -0.4 is 14.4 Å². The van der Waals surface area contributed by atoms with Gasteiger partial charge < -0.3 is 15.0 Å². The van der Waals surface area contributed by atoms with Gasteiger partial charge in [-0.1, -0.05) is 37.6 Å². The Balaban J connectivity index is 2.49. The second-order valence-electron chi connectivity index (χ2n) is 8.82. The van der Waals surface area contributed by atoms with Gasteiger partial charge in [-0.15, -0.1) is 0 Å². The smallest absolute Gasteiger partial charge is 0.244 e. The van der Waals surface area contributed by atoms with Crippen LogP contribution in [0.25, 0.3) is 0 Å². The van der Waals surface area contributed by atoms with Crippen molar-refractivity contribution in [1.82, 2.24) is 10.2 Å². The van der Waals surface area contributed by atoms with Crippen molar-refractivity contribution in [2.75, 3.05) is 24.2 Å². The first-order valence-electron chi connectivity index (χ1n) is 11.9. The maximum absolute atomic E-state index is 13.8. The molecule has 2 rings (SSSR count). The quantitative estimate of drug-likeness (QED) is 0.439. The van der Waals surface area contributed by atoms with Crippen LogP contribution in [0, 0.1) is 6.92 Å². The summed E-state index contributed by atoms with van der Waals surface area (Å²) in [6, 6.07) is 11.2. The summed E-state index contributed by atoms with van der Waals surface area (Å²) in [6.45, 7) is 7.06. The monoisotopic (exact) mass is 537 g/mol. The molecule has 1 N–H and O–H groups in total. The summed E-state index contributed by atoms with van der Waals surface area (Å²) in [4.78, 5) is 28.4. The van der Waals surface area contributed by atoms with E-state index in [0.717, 1.165) is 22.5 Å². The number of hydrogen-bond donors (Lipinski definition) is 1. The van der Waals surface area contributed by atoms with Gasteiger partial charge in [0, 0.05) is 17.6 Å². The highest BCUT2D eigenvalue weighted by molar-refractivity contribution is 7.92. The van der Waals surface area contributed by atoms with Gasteiger partial charge in [-0.2, -0.15) is 0 Å². The highest BCUT2D eigenvalue weighted by atomic mass is 35.5. The standard InChI is InChI=1S/C26H36ClN3O5S/c1-7-19(4)28-26(32)23(8-2)29(16-20-10-9-11-22(15-20)35-5)25(31)17-30(36(6,33)34)24-13-12-21(27)14-18(24)3/h9-15,19,23H,7-8,16-17H2,1-6H3,(H,28,32)/t19-,23+/m1/s1. The lowest BCUT2D eigenvalue weighted by atomic mass is 10.1. The molecule has 198 valence electrons. The Labute approximate surface area is 219 Å². The van der Waals surface area contributed by atoms with Crippen molar-refractivity contribution in [3.8, 4) is 5.75 Å². The average molecular weight is 538 g/mol. The van der Waals surface area contributed by atoms with Gasteiger partial charge in [-0.05, 0) is 68.1 Å². The van der Waals surface area contributed by atoms with E-state index in [2.05, 4.69) is 5.32 Å². The van der Waals surface area contributed by atoms with E-state index in [4.69, 9.17) is 16.3 Å². The van der Waals surface area contributed by atoms with Gasteiger partial charge in [0.2, 0.25) is 21.8 Å². The van der Waals surface area contributed by atoms with Crippen LogP contribution in [-0.4, -0.2) is 57.1 Å². The third kappa shape index (κ3) is 7.86. The van der Waals surface area contributed by atoms with Crippen LogP contribution in [0.15, 0.2) is 42.5 Å². The predicted molar refractivity (Wildman–Crippen MR) is 144 cm³/mol. The van der Waals surface area contributed by atoms with Crippen molar-refractivity contribution >= 4 is 39.1 Å². The zero-order chi connectivity index (χ0) is 27.0. The fourth-order valence-electron chi connectivity index (χ4n) is 3.82. The van der Waals surface area contributed by atoms with Gasteiger partial charge >= 0.3 is 0 Å². The summed E-state index contributed by atoms with van der Waals surface area (Å²) in [5, 5.41) is 3.41. The number of anilines is 1. The van der Waals surface area contributed by atoms with Crippen molar-refractivity contribution in [2.24, 2.45) is 0 Å². The molecule has 0 spiro atoms. The molecule has 2 amide bonds. The van der Waals surface area contributed by atoms with Gasteiger partial charge in [-0.3, -0.25) is 13.9 Å². The summed E-state index contributed by atoms with van der Waals surface area (Å²) in [5.41, 5.74) is 1.72. The molecule has 0 radical (unpaired) electrons. The third-order valence-corrected chi connectivity index (χ3v) is 7.34. The first-order chi connectivity index (χ1) is 16.9. The molecule has 0 heterocycles. The first-order valence-corrected chi connectivity index (χ1v) is 14.1. The Kier molecular flexibility index (Phi) is 10.6. The minimum absolute atomic E-state index is 0.0652. The maximum Gasteiger partial charge on any atom is 0.244 e. The number of hydrogen-bond acceptors (Lipinski definition) is 5. The molecule has 0 aromatic heterocycles. The zero-order valence-corrected chi connectivity index (χ0v) is 23.3. The Bertz CT molecular complexity index is 1170. The van der Waals surface area contributed by atoms with Crippen molar-refractivity contribution < 1.29 is 22.7 Å². The second kappa shape index (κ2) is 13.0. The summed E-state index contributed by atoms with van der Waals surface area (Å²) < 4.78 is 31.9. The lowest BCUT2D eigenvalue weighted by molar-refractivity contribution is -0.140. The number of nitrogens with zero attached hydrogens (tertiary/aromatic N) is 2. The molecular weight excluding hydrogens is 502 g/mol. The molecule has 0 fully saturated rings. The van der Waals surface area contributed by atoms with Crippen molar-refractivity contribution in [1.29, 1.82) is 0 Å². The minimum atomic E-state index is -3.82. The summed E-state index contributed by atoms with van der Waals surface area (Å²) in [5.74, 6) is -0.160. The Morgan fingerprint density at radius 3 is 2.36 bits per heavy atom. The number of carbonyl (C=O) groups is 2. The number of carbonyl (C=O) groups excluding carboxylic acids is 2. The van der Waals surface area contributed by atoms with E-state index in [0.29, 0.717) is 28.4 Å². The van der Waals surface area contributed by atoms with Crippen LogP contribution in [0.2, 0.25) is 5.02 Å². The third-order valence-electron chi connectivity index (χ3n) is 5.98. The van der Waals surface area contributed by atoms with Crippen LogP contribution in [-0.2, 0) is 26.2 Å². The lowest BCUT2D eigenvalue weighted by Crippen LogP contribution is -2.53. The molecule has 2 aromatic rings. The van der Waals surface area contributed by atoms with Crippen LogP contribution in [0.4, 0.5) is 5.69 Å². The van der Waals surface area contributed by atoms with Crippen molar-refractivity contribution in [3.05, 3.63) is 58.6 Å². The van der Waals surface area contributed by atoms with Crippen LogP contribution in [0.3, 0.4) is 0 Å². The normalized spacial score (nSPS) is 13.0. The molecule has 0 saturated carbocycles. The van der Waals surface area contributed by atoms with Crippen LogP contribution in [0.1, 0.15) is 44.7 Å². The number of aryl methyl sites for hydroxylation is 1. The molecule has 0 unspecified atom stereocenters. The molecule has 0 aliphatic carbocycles. The number of sulfonamides is 1. The summed E-state index contributed by atoms with van der Waals surface area (Å²) in [6.07, 6.45) is 2.15. The molecule has 8 nitrogen and oxygen atoms in total. The van der Waals surface area contributed by atoms with Crippen molar-refractivity contribution in [2.45, 2.75) is 59.2 Å². The molecule has 10 heteroatoms. The second-order valence-corrected chi connectivity index (χ2v) is 11.2. The van der Waals surface area contributed by atoms with Gasteiger partial charge in [0.25, 0.3) is 0 Å². The van der Waals surface area contributed by atoms with E-state index in [1.54, 1.807) is 50.4 Å². The van der Waals surface area contributed by atoms with Gasteiger partial charge in [0.1, 0.15) is 18.3 Å². The van der Waals surface area contributed by atoms with E-state index >= 15 is 0 Å². The van der Waals surface area contributed by atoms with E-state index in [9.17, 15) is 18.0 Å². The SMILES string of the molecule is CC[C@@H](C)NC(=O)[C@H](CC)N(Cc1cccc(OC)c1)C(=O)CN(c1ccc(Cl)cc1C)S(C)(=O)=O. The highest BCUT2D eigenvalue weighted by Gasteiger charge is 2.32. The predicted octanol–water partition coefficient (Wildman–Crippen LogP) is 4.15. The Morgan fingerprint density at radius 2 is 1.81 bits per heavy atom. The fourth-order valence-corrected chi connectivity index (χ4v) is 4.96. The molecule has 2 atom stereocenters. The lowest BCUT2D eigenvalue weighted by Gasteiger charge is -2.33. The van der Waals surface area contributed by atoms with Gasteiger partial charge in [0.05, 0.1) is 19.1 Å². The largest absolute Gasteiger partial charge is 0.497 e. The van der Waals surface area contributed by atoms with Crippen LogP contribution >= 0.6 is 11.6 Å². The maximum atomic E-state index is 13.8. The number of halogens is 1. The van der Waals surface area contributed by atoms with E-state index in [1.165, 1.54) is 4.90 Å². The number of rotatable bonds is 12. The van der Waals surface area contributed by atoms with E-state index in [-0.39, 0.29) is 18.5 Å². The van der Waals surface area contributed by atoms with Crippen molar-refractivity contribution in [3.63, 3.8) is 0 Å². The number of ether oxygens (including phenoxy) is 1. The minimum Gasteiger partial charge on any atom is -0.497 e. The molecule has 0 aliphatic rings. The Hall–Kier alpha value is -2.78. The molecule has 36 heavy (non-hydrogen) atoms. The molecule has 0 aliphatic heterocycles. The van der Waals surface area contributed by atoms with Gasteiger partial charge in [-0.25, -0.2) is 8.42 Å². The summed E-state index contributed by atoms with van der Waals surface area (Å²) in [7, 11) is -2.27. The topological polar surface area (TPSA) is 96.0 Å². The first kappa shape index (κ1) is 29.5. The van der Waals surface area contributed by atoms with Crippen LogP contribution in [0.5, 0.6) is 5.75 Å². The highest BCUT2D eigenvalue weighted by Crippen LogP contribution is 2.26. The van der Waals surface area contributed by atoms with E-state index < -0.39 is 28.5 Å². The number of nitrogens with one attached hydrogen (secondary N) is 1. The summed E-state index contributed by atoms with van der Waals surface area (Å²) >= 11 is 6.06. The molecule has 2 aromatic carbocycles. The Morgan fingerprint density at radius 1 is 1.11 bits per heavy atom. The number of benzene rings is 2.